The number of hydrogen-bond acceptors (Lipinski definition) is 4. The van der Waals surface area contributed by atoms with Crippen molar-refractivity contribution in [3.8, 4) is 0 Å². The van der Waals surface area contributed by atoms with Crippen LogP contribution in [0.5, 0.6) is 0 Å². The highest BCUT2D eigenvalue weighted by atomic mass is 16.7. The number of hydrogen-bond donors (Lipinski definition) is 1. The minimum absolute atomic E-state index is 0.0371. The second-order valence-electron chi connectivity index (χ2n) is 4.01. The lowest BCUT2D eigenvalue weighted by molar-refractivity contribution is -0.152. The Morgan fingerprint density at radius 2 is 1.80 bits per heavy atom. The summed E-state index contributed by atoms with van der Waals surface area (Å²) in [7, 11) is 0. The molecule has 15 heavy (non-hydrogen) atoms. The van der Waals surface area contributed by atoms with E-state index in [0.29, 0.717) is 0 Å². The molecule has 0 aromatic heterocycles. The number of ether oxygens (including phenoxy) is 2. The van der Waals surface area contributed by atoms with Crippen molar-refractivity contribution in [2.75, 3.05) is 0 Å². The Morgan fingerprint density at radius 3 is 2.33 bits per heavy atom. The number of epoxide rings is 1. The van der Waals surface area contributed by atoms with E-state index in [1.54, 1.807) is 0 Å². The van der Waals surface area contributed by atoms with Crippen molar-refractivity contribution in [1.29, 1.82) is 0 Å². The van der Waals surface area contributed by atoms with Gasteiger partial charge in [-0.2, -0.15) is 0 Å². The van der Waals surface area contributed by atoms with Crippen LogP contribution in [0.3, 0.4) is 0 Å². The van der Waals surface area contributed by atoms with E-state index in [1.165, 1.54) is 6.42 Å². The van der Waals surface area contributed by atoms with Gasteiger partial charge in [0.15, 0.2) is 12.2 Å². The van der Waals surface area contributed by atoms with E-state index in [1.807, 2.05) is 0 Å². The van der Waals surface area contributed by atoms with E-state index in [-0.39, 0.29) is 6.10 Å². The molecule has 2 rings (SSSR count). The summed E-state index contributed by atoms with van der Waals surface area (Å²) in [6, 6.07) is 0. The summed E-state index contributed by atoms with van der Waals surface area (Å²) in [5, 5.41) is 8.55. The third-order valence-corrected chi connectivity index (χ3v) is 2.80. The Morgan fingerprint density at radius 1 is 1.13 bits per heavy atom. The lowest BCUT2D eigenvalue weighted by atomic mass is 9.98. The van der Waals surface area contributed by atoms with Crippen LogP contribution < -0.4 is 0 Å². The second kappa shape index (κ2) is 4.18. The zero-order chi connectivity index (χ0) is 10.8. The van der Waals surface area contributed by atoms with Gasteiger partial charge in [-0.05, 0) is 25.7 Å². The van der Waals surface area contributed by atoms with E-state index in [0.717, 1.165) is 25.7 Å². The molecule has 0 amide bonds. The van der Waals surface area contributed by atoms with E-state index < -0.39 is 24.1 Å². The number of carboxylic acids is 1. The van der Waals surface area contributed by atoms with E-state index in [4.69, 9.17) is 14.6 Å². The second-order valence-corrected chi connectivity index (χ2v) is 4.01. The number of rotatable bonds is 3. The Balaban J connectivity index is 1.75. The molecule has 0 aromatic carbocycles. The molecular formula is C10H14O5. The first-order valence-corrected chi connectivity index (χ1v) is 5.27. The van der Waals surface area contributed by atoms with Crippen LogP contribution in [-0.4, -0.2) is 35.4 Å². The van der Waals surface area contributed by atoms with Crippen molar-refractivity contribution in [2.24, 2.45) is 0 Å². The minimum atomic E-state index is -1.10. The van der Waals surface area contributed by atoms with E-state index >= 15 is 0 Å². The number of carbonyl (C=O) groups excluding carboxylic acids is 1. The standard InChI is InChI=1S/C10H14O5/c11-9(12)7-8(15-7)10(13)14-6-4-2-1-3-5-6/h6-8H,1-5H2,(H,11,12). The average molecular weight is 214 g/mol. The van der Waals surface area contributed by atoms with Gasteiger partial charge >= 0.3 is 11.9 Å². The third-order valence-electron chi connectivity index (χ3n) is 2.80. The number of carbonyl (C=O) groups is 2. The number of carboxylic acid groups (broad SMARTS) is 1. The zero-order valence-electron chi connectivity index (χ0n) is 8.35. The van der Waals surface area contributed by atoms with Crippen LogP contribution in [0.15, 0.2) is 0 Å². The smallest absolute Gasteiger partial charge is 0.338 e. The largest absolute Gasteiger partial charge is 0.479 e. The van der Waals surface area contributed by atoms with Crippen LogP contribution in [0.25, 0.3) is 0 Å². The maximum atomic E-state index is 11.4. The van der Waals surface area contributed by atoms with Crippen LogP contribution in [0.4, 0.5) is 0 Å². The molecule has 1 saturated carbocycles. The molecule has 5 heteroatoms. The van der Waals surface area contributed by atoms with Gasteiger partial charge in [0.25, 0.3) is 0 Å². The fraction of sp³-hybridized carbons (Fsp3) is 0.800. The lowest BCUT2D eigenvalue weighted by Gasteiger charge is -2.21. The molecule has 0 radical (unpaired) electrons. The zero-order valence-corrected chi connectivity index (χ0v) is 8.35. The highest BCUT2D eigenvalue weighted by molar-refractivity contribution is 5.89. The third kappa shape index (κ3) is 2.47. The molecule has 0 aromatic rings. The molecule has 84 valence electrons. The molecular weight excluding hydrogens is 200 g/mol. The highest BCUT2D eigenvalue weighted by Gasteiger charge is 2.52. The molecule has 1 aliphatic heterocycles. The molecule has 1 saturated heterocycles. The van der Waals surface area contributed by atoms with E-state index in [9.17, 15) is 9.59 Å². The maximum Gasteiger partial charge on any atom is 0.338 e. The fourth-order valence-corrected chi connectivity index (χ4v) is 1.89. The van der Waals surface area contributed by atoms with Crippen LogP contribution in [0, 0.1) is 0 Å². The molecule has 1 aliphatic carbocycles. The lowest BCUT2D eigenvalue weighted by Crippen LogP contribution is -2.25. The summed E-state index contributed by atoms with van der Waals surface area (Å²) in [5.74, 6) is -1.62. The van der Waals surface area contributed by atoms with Crippen molar-refractivity contribution in [3.05, 3.63) is 0 Å². The van der Waals surface area contributed by atoms with Crippen LogP contribution >= 0.6 is 0 Å². The van der Waals surface area contributed by atoms with Crippen LogP contribution in [-0.2, 0) is 19.1 Å². The van der Waals surface area contributed by atoms with Crippen LogP contribution in [0.1, 0.15) is 32.1 Å². The summed E-state index contributed by atoms with van der Waals surface area (Å²) < 4.78 is 9.88. The van der Waals surface area contributed by atoms with Crippen molar-refractivity contribution >= 4 is 11.9 Å². The van der Waals surface area contributed by atoms with Crippen LogP contribution in [0.2, 0.25) is 0 Å². The molecule has 1 heterocycles. The Bertz CT molecular complexity index is 269. The van der Waals surface area contributed by atoms with Crippen molar-refractivity contribution in [2.45, 2.75) is 50.4 Å². The topological polar surface area (TPSA) is 76.1 Å². The normalized spacial score (nSPS) is 30.9. The van der Waals surface area contributed by atoms with Crippen molar-refractivity contribution in [3.63, 3.8) is 0 Å². The summed E-state index contributed by atoms with van der Waals surface area (Å²) in [6.45, 7) is 0. The molecule has 2 atom stereocenters. The fourth-order valence-electron chi connectivity index (χ4n) is 1.89. The SMILES string of the molecule is O=C(O)C1OC1C(=O)OC1CCCCC1. The van der Waals surface area contributed by atoms with Gasteiger partial charge in [-0.1, -0.05) is 6.42 Å². The molecule has 0 spiro atoms. The van der Waals surface area contributed by atoms with Gasteiger partial charge in [0.05, 0.1) is 0 Å². The monoisotopic (exact) mass is 214 g/mol. The maximum absolute atomic E-state index is 11.4. The van der Waals surface area contributed by atoms with Gasteiger partial charge in [0, 0.05) is 0 Å². The molecule has 2 fully saturated rings. The minimum Gasteiger partial charge on any atom is -0.479 e. The average Bonchev–Trinajstić information content (AvgIpc) is 2.98. The first-order chi connectivity index (χ1) is 7.18. The first-order valence-electron chi connectivity index (χ1n) is 5.27. The van der Waals surface area contributed by atoms with E-state index in [2.05, 4.69) is 0 Å². The van der Waals surface area contributed by atoms with Gasteiger partial charge in [-0.3, -0.25) is 0 Å². The van der Waals surface area contributed by atoms with Gasteiger partial charge in [0.1, 0.15) is 6.10 Å². The summed E-state index contributed by atoms with van der Waals surface area (Å²) >= 11 is 0. The molecule has 2 aliphatic rings. The molecule has 2 unspecified atom stereocenters. The Hall–Kier alpha value is -1.10. The number of esters is 1. The Labute approximate surface area is 87.4 Å². The molecule has 5 nitrogen and oxygen atoms in total. The highest BCUT2D eigenvalue weighted by Crippen LogP contribution is 2.27. The van der Waals surface area contributed by atoms with Crippen molar-refractivity contribution in [1.82, 2.24) is 0 Å². The first kappa shape index (κ1) is 10.4. The summed E-state index contributed by atoms with van der Waals surface area (Å²) in [4.78, 5) is 21.8. The molecule has 0 bridgehead atoms. The molecule has 1 N–H and O–H groups in total. The van der Waals surface area contributed by atoms with Crippen molar-refractivity contribution < 1.29 is 24.2 Å². The van der Waals surface area contributed by atoms with Gasteiger partial charge in [-0.15, -0.1) is 0 Å². The predicted octanol–water partition coefficient (Wildman–Crippen LogP) is 0.714. The number of aliphatic carboxylic acids is 1. The quantitative estimate of drug-likeness (QED) is 0.553. The predicted molar refractivity (Wildman–Crippen MR) is 49.3 cm³/mol. The van der Waals surface area contributed by atoms with Gasteiger partial charge in [0.2, 0.25) is 0 Å². The summed E-state index contributed by atoms with van der Waals surface area (Å²) in [5.41, 5.74) is 0. The Kier molecular flexibility index (Phi) is 2.90. The van der Waals surface area contributed by atoms with Gasteiger partial charge < -0.3 is 14.6 Å². The summed E-state index contributed by atoms with van der Waals surface area (Å²) in [6.07, 6.45) is 3.21. The van der Waals surface area contributed by atoms with Gasteiger partial charge in [-0.25, -0.2) is 9.59 Å².